The normalized spacial score (nSPS) is 9.38. The summed E-state index contributed by atoms with van der Waals surface area (Å²) in [5.74, 6) is -0.196. The molecule has 16 heavy (non-hydrogen) atoms. The molecule has 0 aromatic carbocycles. The summed E-state index contributed by atoms with van der Waals surface area (Å²) < 4.78 is 0. The molecule has 0 bridgehead atoms. The predicted octanol–water partition coefficient (Wildman–Crippen LogP) is 1.74. The van der Waals surface area contributed by atoms with Crippen molar-refractivity contribution in [3.63, 3.8) is 0 Å². The maximum atomic E-state index is 11.7. The second kappa shape index (κ2) is 5.72. The first-order valence-corrected chi connectivity index (χ1v) is 4.88. The van der Waals surface area contributed by atoms with E-state index in [1.54, 1.807) is 19.1 Å². The van der Waals surface area contributed by atoms with Gasteiger partial charge >= 0.3 is 0 Å². The predicted molar refractivity (Wildman–Crippen MR) is 60.1 cm³/mol. The van der Waals surface area contributed by atoms with Crippen LogP contribution in [0.25, 0.3) is 10.4 Å². The lowest BCUT2D eigenvalue weighted by Crippen LogP contribution is -2.26. The Balaban J connectivity index is 2.62. The number of aryl methyl sites for hydroxylation is 2. The minimum atomic E-state index is -0.196. The van der Waals surface area contributed by atoms with Crippen molar-refractivity contribution in [2.45, 2.75) is 13.8 Å². The summed E-state index contributed by atoms with van der Waals surface area (Å²) in [6.45, 7) is 4.24. The number of carbonyl (C=O) groups is 1. The van der Waals surface area contributed by atoms with Gasteiger partial charge < -0.3 is 5.32 Å². The van der Waals surface area contributed by atoms with Crippen molar-refractivity contribution in [1.29, 1.82) is 0 Å². The number of hydrogen-bond donors (Lipinski definition) is 1. The van der Waals surface area contributed by atoms with Crippen LogP contribution in [-0.4, -0.2) is 24.0 Å². The first-order valence-electron chi connectivity index (χ1n) is 4.88. The molecule has 84 valence electrons. The molecule has 0 fully saturated rings. The Labute approximate surface area is 93.3 Å². The Morgan fingerprint density at radius 3 is 2.94 bits per heavy atom. The van der Waals surface area contributed by atoms with E-state index in [1.165, 1.54) is 0 Å². The number of rotatable bonds is 4. The second-order valence-corrected chi connectivity index (χ2v) is 3.30. The van der Waals surface area contributed by atoms with E-state index in [2.05, 4.69) is 20.3 Å². The van der Waals surface area contributed by atoms with Crippen molar-refractivity contribution in [3.8, 4) is 0 Å². The number of azide groups is 1. The van der Waals surface area contributed by atoms with Gasteiger partial charge in [-0.15, -0.1) is 0 Å². The molecule has 0 saturated heterocycles. The third-order valence-corrected chi connectivity index (χ3v) is 2.03. The minimum absolute atomic E-state index is 0.196. The highest BCUT2D eigenvalue weighted by atomic mass is 16.1. The zero-order chi connectivity index (χ0) is 12.0. The van der Waals surface area contributed by atoms with Gasteiger partial charge in [-0.2, -0.15) is 0 Å². The summed E-state index contributed by atoms with van der Waals surface area (Å²) in [6.07, 6.45) is 0. The highest BCUT2D eigenvalue weighted by Gasteiger charge is 2.08. The van der Waals surface area contributed by atoms with Crippen molar-refractivity contribution >= 4 is 5.91 Å². The largest absolute Gasteiger partial charge is 0.352 e. The molecule has 6 nitrogen and oxygen atoms in total. The molecule has 0 unspecified atom stereocenters. The highest BCUT2D eigenvalue weighted by Crippen LogP contribution is 2.05. The third-order valence-electron chi connectivity index (χ3n) is 2.03. The van der Waals surface area contributed by atoms with Gasteiger partial charge in [0.15, 0.2) is 0 Å². The number of hydrogen-bond acceptors (Lipinski definition) is 3. The maximum absolute atomic E-state index is 11.7. The van der Waals surface area contributed by atoms with Gasteiger partial charge in [0, 0.05) is 23.7 Å². The van der Waals surface area contributed by atoms with E-state index in [0.29, 0.717) is 17.8 Å². The van der Waals surface area contributed by atoms with Gasteiger partial charge in [0.25, 0.3) is 5.91 Å². The standard InChI is InChI=1S/C10H13N5O/c1-7-3-4-9(8(2)14-7)10(16)12-5-6-13-15-11/h3-4H,5-6H2,1-2H3,(H,12,16). The first kappa shape index (κ1) is 12.0. The third kappa shape index (κ3) is 3.25. The van der Waals surface area contributed by atoms with Crippen LogP contribution in [0.2, 0.25) is 0 Å². The molecule has 0 spiro atoms. The van der Waals surface area contributed by atoms with E-state index in [-0.39, 0.29) is 12.5 Å². The van der Waals surface area contributed by atoms with Crippen LogP contribution in [0.5, 0.6) is 0 Å². The smallest absolute Gasteiger partial charge is 0.253 e. The van der Waals surface area contributed by atoms with Crippen LogP contribution in [-0.2, 0) is 0 Å². The van der Waals surface area contributed by atoms with Crippen LogP contribution in [0.15, 0.2) is 17.2 Å². The van der Waals surface area contributed by atoms with Crippen molar-refractivity contribution in [2.75, 3.05) is 13.1 Å². The average molecular weight is 219 g/mol. The number of amides is 1. The lowest BCUT2D eigenvalue weighted by molar-refractivity contribution is 0.0954. The van der Waals surface area contributed by atoms with Crippen LogP contribution in [0.3, 0.4) is 0 Å². The Bertz CT molecular complexity index is 437. The Kier molecular flexibility index (Phi) is 4.29. The molecular formula is C10H13N5O. The molecule has 1 rings (SSSR count). The van der Waals surface area contributed by atoms with Crippen molar-refractivity contribution in [1.82, 2.24) is 10.3 Å². The number of aromatic nitrogens is 1. The molecule has 1 aromatic rings. The van der Waals surface area contributed by atoms with E-state index in [4.69, 9.17) is 5.53 Å². The molecule has 1 aromatic heterocycles. The molecule has 1 heterocycles. The number of pyridine rings is 1. The average Bonchev–Trinajstić information content (AvgIpc) is 2.24. The SMILES string of the molecule is Cc1ccc(C(=O)NCCN=[N+]=[N-])c(C)n1. The molecule has 0 atom stereocenters. The van der Waals surface area contributed by atoms with E-state index < -0.39 is 0 Å². The molecule has 6 heteroatoms. The van der Waals surface area contributed by atoms with Gasteiger partial charge in [0.1, 0.15) is 0 Å². The maximum Gasteiger partial charge on any atom is 0.253 e. The van der Waals surface area contributed by atoms with Crippen LogP contribution in [0, 0.1) is 13.8 Å². The van der Waals surface area contributed by atoms with Gasteiger partial charge in [-0.1, -0.05) is 5.11 Å². The lowest BCUT2D eigenvalue weighted by atomic mass is 10.2. The Morgan fingerprint density at radius 1 is 1.56 bits per heavy atom. The van der Waals surface area contributed by atoms with Gasteiger partial charge in [-0.05, 0) is 31.5 Å². The van der Waals surface area contributed by atoms with Gasteiger partial charge in [-0.25, -0.2) is 0 Å². The molecule has 1 N–H and O–H groups in total. The highest BCUT2D eigenvalue weighted by molar-refractivity contribution is 5.95. The van der Waals surface area contributed by atoms with Crippen molar-refractivity contribution < 1.29 is 4.79 Å². The molecule has 0 aliphatic heterocycles. The van der Waals surface area contributed by atoms with E-state index in [1.807, 2.05) is 6.92 Å². The number of carbonyl (C=O) groups excluding carboxylic acids is 1. The minimum Gasteiger partial charge on any atom is -0.352 e. The van der Waals surface area contributed by atoms with Gasteiger partial charge in [0.05, 0.1) is 11.3 Å². The van der Waals surface area contributed by atoms with Crippen LogP contribution >= 0.6 is 0 Å². The van der Waals surface area contributed by atoms with Crippen LogP contribution < -0.4 is 5.32 Å². The topological polar surface area (TPSA) is 90.8 Å². The number of nitrogens with zero attached hydrogens (tertiary/aromatic N) is 4. The zero-order valence-corrected chi connectivity index (χ0v) is 9.27. The van der Waals surface area contributed by atoms with Gasteiger partial charge in [-0.3, -0.25) is 9.78 Å². The molecule has 0 radical (unpaired) electrons. The summed E-state index contributed by atoms with van der Waals surface area (Å²) in [5.41, 5.74) is 10.2. The Hall–Kier alpha value is -2.07. The molecule has 0 saturated carbocycles. The summed E-state index contributed by atoms with van der Waals surface area (Å²) in [6, 6.07) is 3.52. The summed E-state index contributed by atoms with van der Waals surface area (Å²) in [7, 11) is 0. The summed E-state index contributed by atoms with van der Waals surface area (Å²) >= 11 is 0. The molecule has 0 aliphatic carbocycles. The van der Waals surface area contributed by atoms with Crippen LogP contribution in [0.4, 0.5) is 0 Å². The Morgan fingerprint density at radius 2 is 2.31 bits per heavy atom. The fraction of sp³-hybridized carbons (Fsp3) is 0.400. The zero-order valence-electron chi connectivity index (χ0n) is 9.27. The summed E-state index contributed by atoms with van der Waals surface area (Å²) in [5, 5.41) is 5.97. The second-order valence-electron chi connectivity index (χ2n) is 3.30. The van der Waals surface area contributed by atoms with Crippen molar-refractivity contribution in [2.24, 2.45) is 5.11 Å². The lowest BCUT2D eigenvalue weighted by Gasteiger charge is -2.06. The van der Waals surface area contributed by atoms with Gasteiger partial charge in [0.2, 0.25) is 0 Å². The van der Waals surface area contributed by atoms with Crippen LogP contribution in [0.1, 0.15) is 21.7 Å². The number of nitrogens with one attached hydrogen (secondary N) is 1. The van der Waals surface area contributed by atoms with E-state index >= 15 is 0 Å². The van der Waals surface area contributed by atoms with E-state index in [9.17, 15) is 4.79 Å². The first-order chi connectivity index (χ1) is 7.65. The monoisotopic (exact) mass is 219 g/mol. The quantitative estimate of drug-likeness (QED) is 0.361. The van der Waals surface area contributed by atoms with Crippen molar-refractivity contribution in [3.05, 3.63) is 39.5 Å². The fourth-order valence-corrected chi connectivity index (χ4v) is 1.29. The summed E-state index contributed by atoms with van der Waals surface area (Å²) in [4.78, 5) is 18.4. The molecular weight excluding hydrogens is 206 g/mol. The van der Waals surface area contributed by atoms with E-state index in [0.717, 1.165) is 5.69 Å². The fourth-order valence-electron chi connectivity index (χ4n) is 1.29. The molecule has 1 amide bonds. The molecule has 0 aliphatic rings.